The number of anilines is 1. The fraction of sp³-hybridized carbons (Fsp3) is 0.600. The first-order chi connectivity index (χ1) is 9.63. The molecule has 0 saturated carbocycles. The highest BCUT2D eigenvalue weighted by Crippen LogP contribution is 2.18. The summed E-state index contributed by atoms with van der Waals surface area (Å²) in [6, 6.07) is 3.57. The van der Waals surface area contributed by atoms with Gasteiger partial charge in [0.15, 0.2) is 0 Å². The van der Waals surface area contributed by atoms with Gasteiger partial charge in [-0.15, -0.1) is 0 Å². The summed E-state index contributed by atoms with van der Waals surface area (Å²) in [6.07, 6.45) is 5.47. The lowest BCUT2D eigenvalue weighted by Crippen LogP contribution is -2.33. The molecule has 2 rings (SSSR count). The molecule has 0 atom stereocenters. The van der Waals surface area contributed by atoms with Crippen LogP contribution in [0.3, 0.4) is 0 Å². The zero-order chi connectivity index (χ0) is 14.4. The van der Waals surface area contributed by atoms with E-state index in [0.29, 0.717) is 12.1 Å². The molecule has 3 N–H and O–H groups in total. The Morgan fingerprint density at radius 3 is 2.85 bits per heavy atom. The summed E-state index contributed by atoms with van der Waals surface area (Å²) in [5.41, 5.74) is 6.95. The highest BCUT2D eigenvalue weighted by Gasteiger charge is 2.16. The number of aromatic nitrogens is 1. The van der Waals surface area contributed by atoms with Gasteiger partial charge in [0, 0.05) is 12.2 Å². The Balaban J connectivity index is 1.64. The van der Waals surface area contributed by atoms with E-state index in [1.165, 1.54) is 25.9 Å². The molecule has 2 heterocycles. The van der Waals surface area contributed by atoms with Crippen molar-refractivity contribution < 1.29 is 4.79 Å². The number of nitrogen functional groups attached to an aromatic ring is 1. The number of nitrogens with one attached hydrogen (secondary N) is 1. The zero-order valence-corrected chi connectivity index (χ0v) is 12.1. The first-order valence-corrected chi connectivity index (χ1v) is 7.29. The van der Waals surface area contributed by atoms with E-state index in [4.69, 9.17) is 5.73 Å². The molecule has 1 saturated heterocycles. The topological polar surface area (TPSA) is 71.2 Å². The number of hydrogen-bond acceptors (Lipinski definition) is 4. The van der Waals surface area contributed by atoms with Crippen molar-refractivity contribution in [3.8, 4) is 0 Å². The van der Waals surface area contributed by atoms with Crippen molar-refractivity contribution in [2.45, 2.75) is 25.7 Å². The Morgan fingerprint density at radius 2 is 2.20 bits per heavy atom. The number of nitrogens with two attached hydrogens (primary N) is 1. The monoisotopic (exact) mass is 276 g/mol. The lowest BCUT2D eigenvalue weighted by atomic mass is 9.94. The number of nitrogens with zero attached hydrogens (tertiary/aromatic N) is 2. The van der Waals surface area contributed by atoms with E-state index in [9.17, 15) is 4.79 Å². The maximum Gasteiger partial charge on any atom is 0.226 e. The van der Waals surface area contributed by atoms with Crippen molar-refractivity contribution >= 4 is 11.6 Å². The van der Waals surface area contributed by atoms with Gasteiger partial charge in [-0.2, -0.15) is 0 Å². The third-order valence-electron chi connectivity index (χ3n) is 3.90. The van der Waals surface area contributed by atoms with Crippen molar-refractivity contribution in [3.63, 3.8) is 0 Å². The second kappa shape index (κ2) is 7.24. The second-order valence-electron chi connectivity index (χ2n) is 5.64. The predicted molar refractivity (Wildman–Crippen MR) is 80.2 cm³/mol. The van der Waals surface area contributed by atoms with Crippen LogP contribution in [0.1, 0.15) is 25.0 Å². The normalized spacial score (nSPS) is 17.1. The molecule has 1 aliphatic heterocycles. The molecule has 1 fully saturated rings. The lowest BCUT2D eigenvalue weighted by Gasteiger charge is -2.28. The van der Waals surface area contributed by atoms with Crippen LogP contribution in [-0.2, 0) is 11.2 Å². The molecule has 0 aromatic carbocycles. The van der Waals surface area contributed by atoms with E-state index in [2.05, 4.69) is 22.2 Å². The van der Waals surface area contributed by atoms with Crippen molar-refractivity contribution in [1.29, 1.82) is 0 Å². The number of hydrogen-bond donors (Lipinski definition) is 2. The van der Waals surface area contributed by atoms with Crippen LogP contribution in [0, 0.1) is 5.92 Å². The summed E-state index contributed by atoms with van der Waals surface area (Å²) in [6.45, 7) is 3.12. The van der Waals surface area contributed by atoms with Crippen molar-refractivity contribution in [1.82, 2.24) is 15.2 Å². The van der Waals surface area contributed by atoms with Crippen LogP contribution in [-0.4, -0.2) is 42.5 Å². The van der Waals surface area contributed by atoms with Gasteiger partial charge < -0.3 is 16.0 Å². The van der Waals surface area contributed by atoms with Gasteiger partial charge in [0.05, 0.1) is 18.3 Å². The van der Waals surface area contributed by atoms with Crippen molar-refractivity contribution in [3.05, 3.63) is 24.0 Å². The minimum absolute atomic E-state index is 0.0372. The first-order valence-electron chi connectivity index (χ1n) is 7.29. The molecule has 110 valence electrons. The van der Waals surface area contributed by atoms with Gasteiger partial charge in [0.25, 0.3) is 0 Å². The summed E-state index contributed by atoms with van der Waals surface area (Å²) < 4.78 is 0. The van der Waals surface area contributed by atoms with Crippen LogP contribution in [0.2, 0.25) is 0 Å². The molecule has 20 heavy (non-hydrogen) atoms. The van der Waals surface area contributed by atoms with Gasteiger partial charge in [0.1, 0.15) is 0 Å². The third-order valence-corrected chi connectivity index (χ3v) is 3.90. The van der Waals surface area contributed by atoms with Crippen LogP contribution in [0.4, 0.5) is 5.69 Å². The molecule has 0 aliphatic carbocycles. The molecule has 1 amide bonds. The molecule has 0 spiro atoms. The van der Waals surface area contributed by atoms with Gasteiger partial charge >= 0.3 is 0 Å². The summed E-state index contributed by atoms with van der Waals surface area (Å²) in [7, 11) is 2.16. The Kier molecular flexibility index (Phi) is 5.35. The van der Waals surface area contributed by atoms with E-state index < -0.39 is 0 Å². The van der Waals surface area contributed by atoms with Crippen LogP contribution in [0.5, 0.6) is 0 Å². The molecule has 5 nitrogen and oxygen atoms in total. The summed E-state index contributed by atoms with van der Waals surface area (Å²) in [5.74, 6) is 0.788. The van der Waals surface area contributed by atoms with E-state index in [0.717, 1.165) is 24.6 Å². The second-order valence-corrected chi connectivity index (χ2v) is 5.64. The predicted octanol–water partition coefficient (Wildman–Crippen LogP) is 1.05. The number of carbonyl (C=O) groups is 1. The smallest absolute Gasteiger partial charge is 0.226 e. The Bertz CT molecular complexity index is 424. The van der Waals surface area contributed by atoms with E-state index in [-0.39, 0.29) is 5.91 Å². The SMILES string of the molecule is CN1CCC(CCNC(=O)Cc2ccc(N)cn2)CC1. The van der Waals surface area contributed by atoms with Gasteiger partial charge in [-0.25, -0.2) is 0 Å². The third kappa shape index (κ3) is 4.81. The van der Waals surface area contributed by atoms with E-state index in [1.54, 1.807) is 18.3 Å². The van der Waals surface area contributed by atoms with Gasteiger partial charge in [-0.1, -0.05) is 0 Å². The van der Waals surface area contributed by atoms with E-state index >= 15 is 0 Å². The number of pyridine rings is 1. The van der Waals surface area contributed by atoms with Crippen molar-refractivity contribution in [2.24, 2.45) is 5.92 Å². The number of piperidine rings is 1. The van der Waals surface area contributed by atoms with Crippen LogP contribution in [0.15, 0.2) is 18.3 Å². The average molecular weight is 276 g/mol. The lowest BCUT2D eigenvalue weighted by molar-refractivity contribution is -0.120. The Hall–Kier alpha value is -1.62. The number of rotatable bonds is 5. The molecule has 1 aliphatic rings. The minimum atomic E-state index is 0.0372. The molecule has 1 aromatic heterocycles. The molecule has 0 bridgehead atoms. The summed E-state index contributed by atoms with van der Waals surface area (Å²) in [5, 5.41) is 2.98. The molecule has 1 aromatic rings. The van der Waals surface area contributed by atoms with Crippen LogP contribution >= 0.6 is 0 Å². The van der Waals surface area contributed by atoms with Crippen LogP contribution in [0.25, 0.3) is 0 Å². The average Bonchev–Trinajstić information content (AvgIpc) is 2.44. The van der Waals surface area contributed by atoms with Crippen LogP contribution < -0.4 is 11.1 Å². The molecular weight excluding hydrogens is 252 g/mol. The van der Waals surface area contributed by atoms with E-state index in [1.807, 2.05) is 0 Å². The maximum atomic E-state index is 11.8. The van der Waals surface area contributed by atoms with Gasteiger partial charge in [-0.3, -0.25) is 9.78 Å². The highest BCUT2D eigenvalue weighted by molar-refractivity contribution is 5.78. The number of likely N-dealkylation sites (tertiary alicyclic amines) is 1. The standard InChI is InChI=1S/C15H24N4O/c1-19-8-5-12(6-9-19)4-7-17-15(20)10-14-3-2-13(16)11-18-14/h2-3,11-12H,4-10,16H2,1H3,(H,17,20). The Morgan fingerprint density at radius 1 is 1.45 bits per heavy atom. The fourth-order valence-corrected chi connectivity index (χ4v) is 2.53. The first kappa shape index (κ1) is 14.8. The zero-order valence-electron chi connectivity index (χ0n) is 12.1. The number of amides is 1. The molecule has 5 heteroatoms. The molecule has 0 radical (unpaired) electrons. The largest absolute Gasteiger partial charge is 0.397 e. The maximum absolute atomic E-state index is 11.8. The van der Waals surface area contributed by atoms with Gasteiger partial charge in [-0.05, 0) is 57.5 Å². The highest BCUT2D eigenvalue weighted by atomic mass is 16.1. The molecular formula is C15H24N4O. The quantitative estimate of drug-likeness (QED) is 0.843. The Labute approximate surface area is 120 Å². The van der Waals surface area contributed by atoms with Crippen molar-refractivity contribution in [2.75, 3.05) is 32.4 Å². The fourth-order valence-electron chi connectivity index (χ4n) is 2.53. The minimum Gasteiger partial charge on any atom is -0.397 e. The summed E-state index contributed by atoms with van der Waals surface area (Å²) >= 11 is 0. The number of carbonyl (C=O) groups excluding carboxylic acids is 1. The van der Waals surface area contributed by atoms with Gasteiger partial charge in [0.2, 0.25) is 5.91 Å². The summed E-state index contributed by atoms with van der Waals surface area (Å²) in [4.78, 5) is 18.3. The molecule has 0 unspecified atom stereocenters.